The molecule has 0 fully saturated rings. The highest BCUT2D eigenvalue weighted by Crippen LogP contribution is 2.67. The fourth-order valence-corrected chi connectivity index (χ4v) is 15.3. The summed E-state index contributed by atoms with van der Waals surface area (Å²) < 4.78 is 8.58. The van der Waals surface area contributed by atoms with Crippen molar-refractivity contribution >= 4 is 114 Å². The van der Waals surface area contributed by atoms with Crippen LogP contribution in [-0.2, 0) is 0 Å². The molecule has 29 heavy (non-hydrogen) atoms. The molecule has 162 valence electrons. The zero-order valence-corrected chi connectivity index (χ0v) is 25.6. The number of hydrogen-bond donors (Lipinski definition) is 0. The summed E-state index contributed by atoms with van der Waals surface area (Å²) in [7, 11) is 0. The smallest absolute Gasteiger partial charge is 0.0861 e. The lowest BCUT2D eigenvalue weighted by Gasteiger charge is -2.05. The maximum atomic E-state index is 3.74. The molecule has 0 saturated carbocycles. The number of thiophene rings is 1. The summed E-state index contributed by atoms with van der Waals surface area (Å²) in [5, 5.41) is 0. The largest absolute Gasteiger partial charge is 0.119 e. The Morgan fingerprint density at radius 1 is 0.621 bits per heavy atom. The van der Waals surface area contributed by atoms with Gasteiger partial charge in [0, 0.05) is 0 Å². The maximum absolute atomic E-state index is 3.74. The molecule has 0 spiro atoms. The SMILES string of the molecule is CCCCCCSC1=C(SCCCCCC)SC(=C2Sc3c(Br)sc(Br)c3S2)S1. The molecule has 9 heteroatoms. The van der Waals surface area contributed by atoms with Crippen LogP contribution in [0.25, 0.3) is 0 Å². The van der Waals surface area contributed by atoms with Crippen LogP contribution in [-0.4, -0.2) is 11.5 Å². The van der Waals surface area contributed by atoms with Crippen molar-refractivity contribution in [3.8, 4) is 0 Å². The van der Waals surface area contributed by atoms with Crippen molar-refractivity contribution in [2.75, 3.05) is 11.5 Å². The van der Waals surface area contributed by atoms with E-state index in [-0.39, 0.29) is 0 Å². The zero-order valence-electron chi connectivity index (χ0n) is 16.7. The maximum Gasteiger partial charge on any atom is 0.0861 e. The molecule has 0 aliphatic carbocycles. The number of hydrogen-bond acceptors (Lipinski definition) is 7. The van der Waals surface area contributed by atoms with E-state index in [4.69, 9.17) is 0 Å². The van der Waals surface area contributed by atoms with Crippen molar-refractivity contribution in [3.63, 3.8) is 0 Å². The third-order valence-electron chi connectivity index (χ3n) is 4.30. The Morgan fingerprint density at radius 3 is 1.52 bits per heavy atom. The highest BCUT2D eigenvalue weighted by Gasteiger charge is 2.32. The first-order valence-corrected chi connectivity index (χ1v) is 17.7. The number of fused-ring (bicyclic) bond motifs is 1. The van der Waals surface area contributed by atoms with Gasteiger partial charge in [0.15, 0.2) is 0 Å². The summed E-state index contributed by atoms with van der Waals surface area (Å²) >= 11 is 21.4. The van der Waals surface area contributed by atoms with Gasteiger partial charge in [-0.15, -0.1) is 34.9 Å². The van der Waals surface area contributed by atoms with Crippen molar-refractivity contribution in [2.45, 2.75) is 75.0 Å². The lowest BCUT2D eigenvalue weighted by atomic mass is 10.2. The highest BCUT2D eigenvalue weighted by molar-refractivity contribution is 9.12. The van der Waals surface area contributed by atoms with Crippen LogP contribution in [0.3, 0.4) is 0 Å². The molecule has 0 radical (unpaired) electrons. The Morgan fingerprint density at radius 2 is 1.07 bits per heavy atom. The highest BCUT2D eigenvalue weighted by atomic mass is 79.9. The van der Waals surface area contributed by atoms with Gasteiger partial charge in [-0.3, -0.25) is 0 Å². The summed E-state index contributed by atoms with van der Waals surface area (Å²) in [4.78, 5) is 2.79. The van der Waals surface area contributed by atoms with Crippen LogP contribution in [0.4, 0.5) is 0 Å². The summed E-state index contributed by atoms with van der Waals surface area (Å²) in [6, 6.07) is 0. The molecule has 2 aliphatic heterocycles. The molecule has 0 saturated heterocycles. The molecule has 0 atom stereocenters. The normalized spacial score (nSPS) is 16.4. The zero-order chi connectivity index (χ0) is 20.6. The first-order valence-electron chi connectivity index (χ1n) is 10.1. The van der Waals surface area contributed by atoms with Crippen molar-refractivity contribution < 1.29 is 0 Å². The van der Waals surface area contributed by atoms with E-state index in [1.165, 1.54) is 88.7 Å². The first kappa shape index (κ1) is 25.9. The number of rotatable bonds is 12. The Bertz CT molecular complexity index is 698. The van der Waals surface area contributed by atoms with Crippen LogP contribution in [0.5, 0.6) is 0 Å². The van der Waals surface area contributed by atoms with Crippen molar-refractivity contribution in [1.29, 1.82) is 0 Å². The predicted molar refractivity (Wildman–Crippen MR) is 154 cm³/mol. The number of halogens is 2. The minimum Gasteiger partial charge on any atom is -0.119 e. The van der Waals surface area contributed by atoms with Gasteiger partial charge in [-0.2, -0.15) is 0 Å². The van der Waals surface area contributed by atoms with Crippen LogP contribution in [0.15, 0.2) is 34.3 Å². The topological polar surface area (TPSA) is 0 Å². The molecule has 0 aromatic carbocycles. The standard InChI is InChI=1S/C20H26Br2S7/c1-3-5-7-9-11-23-17-18(24-12-10-8-6-4-2)29-20(28-17)19-25-13-14(26-19)16(22)27-15(13)21/h3-12H2,1-2H3. The Kier molecular flexibility index (Phi) is 12.3. The lowest BCUT2D eigenvalue weighted by molar-refractivity contribution is 0.707. The second kappa shape index (κ2) is 13.8. The van der Waals surface area contributed by atoms with Crippen molar-refractivity contribution in [1.82, 2.24) is 0 Å². The van der Waals surface area contributed by atoms with Gasteiger partial charge in [0.05, 0.1) is 34.3 Å². The Hall–Kier alpha value is 2.24. The third-order valence-corrected chi connectivity index (χ3v) is 16.5. The molecule has 3 heterocycles. The van der Waals surface area contributed by atoms with Crippen LogP contribution in [0.1, 0.15) is 65.2 Å². The van der Waals surface area contributed by atoms with Gasteiger partial charge in [-0.05, 0) is 56.2 Å². The number of thioether (sulfide) groups is 6. The molecule has 0 unspecified atom stereocenters. The van der Waals surface area contributed by atoms with Gasteiger partial charge in [0.2, 0.25) is 0 Å². The number of unbranched alkanes of at least 4 members (excludes halogenated alkanes) is 6. The minimum absolute atomic E-state index is 1.25. The molecule has 0 amide bonds. The molecular formula is C20H26Br2S7. The van der Waals surface area contributed by atoms with Gasteiger partial charge < -0.3 is 0 Å². The molecular weight excluding hydrogens is 624 g/mol. The molecule has 0 bridgehead atoms. The van der Waals surface area contributed by atoms with E-state index in [0.717, 1.165) is 0 Å². The van der Waals surface area contributed by atoms with Crippen LogP contribution >= 0.6 is 114 Å². The van der Waals surface area contributed by atoms with E-state index in [1.54, 1.807) is 19.8 Å². The second-order valence-electron chi connectivity index (χ2n) is 6.68. The average Bonchev–Trinajstić information content (AvgIpc) is 3.38. The van der Waals surface area contributed by atoms with Gasteiger partial charge in [0.1, 0.15) is 0 Å². The van der Waals surface area contributed by atoms with E-state index in [0.29, 0.717) is 0 Å². The first-order chi connectivity index (χ1) is 14.1. The van der Waals surface area contributed by atoms with E-state index >= 15 is 0 Å². The molecule has 1 aromatic rings. The summed E-state index contributed by atoms with van der Waals surface area (Å²) in [6.07, 6.45) is 10.8. The van der Waals surface area contributed by atoms with Gasteiger partial charge in [-0.1, -0.05) is 99.4 Å². The summed E-state index contributed by atoms with van der Waals surface area (Å²) in [6.45, 7) is 4.58. The molecule has 1 aromatic heterocycles. The van der Waals surface area contributed by atoms with Crippen LogP contribution in [0, 0.1) is 0 Å². The third kappa shape index (κ3) is 7.62. The van der Waals surface area contributed by atoms with E-state index in [9.17, 15) is 0 Å². The van der Waals surface area contributed by atoms with Crippen molar-refractivity contribution in [2.24, 2.45) is 0 Å². The predicted octanol–water partition coefficient (Wildman–Crippen LogP) is 11.8. The van der Waals surface area contributed by atoms with E-state index < -0.39 is 0 Å². The fraction of sp³-hybridized carbons (Fsp3) is 0.600. The van der Waals surface area contributed by atoms with Crippen LogP contribution < -0.4 is 0 Å². The van der Waals surface area contributed by atoms with Gasteiger partial charge >= 0.3 is 0 Å². The second-order valence-corrected chi connectivity index (χ2v) is 17.7. The molecule has 2 aliphatic rings. The van der Waals surface area contributed by atoms with Gasteiger partial charge in [0.25, 0.3) is 0 Å². The molecule has 0 N–H and O–H groups in total. The monoisotopic (exact) mass is 648 g/mol. The van der Waals surface area contributed by atoms with Gasteiger partial charge in [-0.25, -0.2) is 0 Å². The fourth-order valence-electron chi connectivity index (χ4n) is 2.73. The van der Waals surface area contributed by atoms with Crippen molar-refractivity contribution in [3.05, 3.63) is 24.5 Å². The average molecular weight is 651 g/mol. The minimum atomic E-state index is 1.25. The Balaban J connectivity index is 1.61. The Labute approximate surface area is 222 Å². The molecule has 0 nitrogen and oxygen atoms in total. The lowest BCUT2D eigenvalue weighted by Crippen LogP contribution is -1.83. The quantitative estimate of drug-likeness (QED) is 0.205. The van der Waals surface area contributed by atoms with E-state index in [1.807, 2.05) is 47.0 Å². The molecule has 3 rings (SSSR count). The van der Waals surface area contributed by atoms with Crippen LogP contribution in [0.2, 0.25) is 0 Å². The van der Waals surface area contributed by atoms with E-state index in [2.05, 4.69) is 69.2 Å². The summed E-state index contributed by atoms with van der Waals surface area (Å²) in [5.74, 6) is 2.52. The summed E-state index contributed by atoms with van der Waals surface area (Å²) in [5.41, 5.74) is 0.